The maximum absolute atomic E-state index is 3.37. The van der Waals surface area contributed by atoms with Gasteiger partial charge >= 0.3 is 0 Å². The van der Waals surface area contributed by atoms with Crippen LogP contribution in [0.1, 0.15) is 51.6 Å². The van der Waals surface area contributed by atoms with Crippen molar-refractivity contribution in [2.24, 2.45) is 5.41 Å². The summed E-state index contributed by atoms with van der Waals surface area (Å²) in [5.41, 5.74) is 3.34. The van der Waals surface area contributed by atoms with E-state index in [0.717, 1.165) is 0 Å². The van der Waals surface area contributed by atoms with E-state index >= 15 is 0 Å². The van der Waals surface area contributed by atoms with Crippen molar-refractivity contribution in [3.63, 3.8) is 0 Å². The summed E-state index contributed by atoms with van der Waals surface area (Å²) in [5, 5.41) is 3.37. The highest BCUT2D eigenvalue weighted by atomic mass is 15.1. The Kier molecular flexibility index (Phi) is 4.51. The lowest BCUT2D eigenvalue weighted by molar-refractivity contribution is 0.325. The van der Waals surface area contributed by atoms with Crippen LogP contribution in [-0.4, -0.2) is 20.1 Å². The van der Waals surface area contributed by atoms with Crippen LogP contribution >= 0.6 is 0 Å². The number of para-hydroxylation sites is 1. The van der Waals surface area contributed by atoms with Crippen molar-refractivity contribution in [2.75, 3.05) is 25.0 Å². The van der Waals surface area contributed by atoms with Crippen molar-refractivity contribution >= 4 is 5.69 Å². The average molecular weight is 260 g/mol. The van der Waals surface area contributed by atoms with Gasteiger partial charge in [0, 0.05) is 24.8 Å². The first-order chi connectivity index (χ1) is 9.03. The van der Waals surface area contributed by atoms with Gasteiger partial charge in [-0.05, 0) is 50.3 Å². The van der Waals surface area contributed by atoms with E-state index in [1.807, 2.05) is 7.05 Å². The molecule has 0 amide bonds. The summed E-state index contributed by atoms with van der Waals surface area (Å²) >= 11 is 0. The normalized spacial score (nSPS) is 20.9. The van der Waals surface area contributed by atoms with E-state index < -0.39 is 0 Å². The van der Waals surface area contributed by atoms with Gasteiger partial charge < -0.3 is 10.2 Å². The number of anilines is 1. The molecule has 0 aliphatic carbocycles. The predicted octanol–water partition coefficient (Wildman–Crippen LogP) is 3.98. The molecule has 1 saturated heterocycles. The summed E-state index contributed by atoms with van der Waals surface area (Å²) in [4.78, 5) is 2.58. The van der Waals surface area contributed by atoms with Gasteiger partial charge in [-0.25, -0.2) is 0 Å². The summed E-state index contributed by atoms with van der Waals surface area (Å²) in [6, 6.07) is 9.26. The van der Waals surface area contributed by atoms with Crippen molar-refractivity contribution in [2.45, 2.75) is 46.1 Å². The molecule has 0 bridgehead atoms. The fraction of sp³-hybridized carbons (Fsp3) is 0.647. The van der Waals surface area contributed by atoms with Crippen LogP contribution in [0.5, 0.6) is 0 Å². The molecule has 19 heavy (non-hydrogen) atoms. The van der Waals surface area contributed by atoms with E-state index in [1.165, 1.54) is 43.6 Å². The third kappa shape index (κ3) is 3.50. The molecule has 2 nitrogen and oxygen atoms in total. The molecule has 2 heteroatoms. The van der Waals surface area contributed by atoms with E-state index in [4.69, 9.17) is 0 Å². The lowest BCUT2D eigenvalue weighted by Gasteiger charge is -2.28. The molecule has 1 N–H and O–H groups in total. The zero-order chi connectivity index (χ0) is 13.9. The van der Waals surface area contributed by atoms with Crippen molar-refractivity contribution < 1.29 is 0 Å². The Balaban J connectivity index is 2.22. The van der Waals surface area contributed by atoms with Crippen molar-refractivity contribution in [3.8, 4) is 0 Å². The minimum absolute atomic E-state index is 0.410. The van der Waals surface area contributed by atoms with Crippen LogP contribution in [0.3, 0.4) is 0 Å². The Morgan fingerprint density at radius 1 is 1.16 bits per heavy atom. The van der Waals surface area contributed by atoms with E-state index in [0.29, 0.717) is 11.5 Å². The van der Waals surface area contributed by atoms with Gasteiger partial charge in [-0.2, -0.15) is 0 Å². The summed E-state index contributed by atoms with van der Waals surface area (Å²) in [6.07, 6.45) is 3.93. The molecule has 1 aliphatic rings. The lowest BCUT2D eigenvalue weighted by atomic mass is 9.85. The first kappa shape index (κ1) is 14.4. The average Bonchev–Trinajstić information content (AvgIpc) is 2.59. The Morgan fingerprint density at radius 3 is 2.63 bits per heavy atom. The number of nitrogens with one attached hydrogen (secondary N) is 1. The van der Waals surface area contributed by atoms with Crippen LogP contribution in [-0.2, 0) is 0 Å². The standard InChI is InChI=1S/C17H28N2/c1-14(18-4)15-8-5-6-9-16(15)19-12-7-10-17(2,3)11-13-19/h5-6,8-9,14,18H,7,10-13H2,1-4H3. The molecular formula is C17H28N2. The molecule has 0 radical (unpaired) electrons. The first-order valence-electron chi connectivity index (χ1n) is 7.55. The van der Waals surface area contributed by atoms with Crippen LogP contribution in [0, 0.1) is 5.41 Å². The maximum atomic E-state index is 3.37. The van der Waals surface area contributed by atoms with Crippen LogP contribution in [0.2, 0.25) is 0 Å². The number of hydrogen-bond donors (Lipinski definition) is 1. The Labute approximate surface area is 118 Å². The zero-order valence-electron chi connectivity index (χ0n) is 12.9. The molecule has 1 atom stereocenters. The second kappa shape index (κ2) is 5.96. The molecule has 1 unspecified atom stereocenters. The highest BCUT2D eigenvalue weighted by Crippen LogP contribution is 2.33. The summed E-state index contributed by atoms with van der Waals surface area (Å²) < 4.78 is 0. The van der Waals surface area contributed by atoms with Gasteiger partial charge in [-0.1, -0.05) is 32.0 Å². The first-order valence-corrected chi connectivity index (χ1v) is 7.55. The van der Waals surface area contributed by atoms with Crippen LogP contribution in [0.15, 0.2) is 24.3 Å². The number of rotatable bonds is 3. The van der Waals surface area contributed by atoms with Crippen molar-refractivity contribution in [3.05, 3.63) is 29.8 Å². The van der Waals surface area contributed by atoms with E-state index in [2.05, 4.69) is 55.3 Å². The molecule has 1 aromatic rings. The van der Waals surface area contributed by atoms with Crippen molar-refractivity contribution in [1.29, 1.82) is 0 Å². The number of hydrogen-bond acceptors (Lipinski definition) is 2. The second-order valence-corrected chi connectivity index (χ2v) is 6.57. The van der Waals surface area contributed by atoms with Crippen LogP contribution in [0.4, 0.5) is 5.69 Å². The fourth-order valence-electron chi connectivity index (χ4n) is 2.96. The van der Waals surface area contributed by atoms with Gasteiger partial charge in [-0.3, -0.25) is 0 Å². The Hall–Kier alpha value is -1.02. The molecule has 0 aromatic heterocycles. The molecule has 0 spiro atoms. The number of benzene rings is 1. The van der Waals surface area contributed by atoms with Gasteiger partial charge in [0.05, 0.1) is 0 Å². The fourth-order valence-corrected chi connectivity index (χ4v) is 2.96. The van der Waals surface area contributed by atoms with Gasteiger partial charge in [0.25, 0.3) is 0 Å². The minimum atomic E-state index is 0.410. The largest absolute Gasteiger partial charge is 0.371 e. The van der Waals surface area contributed by atoms with E-state index in [-0.39, 0.29) is 0 Å². The number of nitrogens with zero attached hydrogens (tertiary/aromatic N) is 1. The maximum Gasteiger partial charge on any atom is 0.0414 e. The van der Waals surface area contributed by atoms with Gasteiger partial charge in [0.15, 0.2) is 0 Å². The molecule has 1 aromatic carbocycles. The molecule has 2 rings (SSSR count). The lowest BCUT2D eigenvalue weighted by Crippen LogP contribution is -2.27. The highest BCUT2D eigenvalue weighted by molar-refractivity contribution is 5.55. The molecule has 1 heterocycles. The molecular weight excluding hydrogens is 232 g/mol. The quantitative estimate of drug-likeness (QED) is 0.884. The Morgan fingerprint density at radius 2 is 1.89 bits per heavy atom. The smallest absolute Gasteiger partial charge is 0.0414 e. The monoisotopic (exact) mass is 260 g/mol. The Bertz CT molecular complexity index is 411. The van der Waals surface area contributed by atoms with E-state index in [1.54, 1.807) is 0 Å². The van der Waals surface area contributed by atoms with Gasteiger partial charge in [-0.15, -0.1) is 0 Å². The SMILES string of the molecule is CNC(C)c1ccccc1N1CCCC(C)(C)CC1. The van der Waals surface area contributed by atoms with E-state index in [9.17, 15) is 0 Å². The summed E-state index contributed by atoms with van der Waals surface area (Å²) in [7, 11) is 2.03. The van der Waals surface area contributed by atoms with Crippen molar-refractivity contribution in [1.82, 2.24) is 5.32 Å². The summed E-state index contributed by atoms with van der Waals surface area (Å²) in [6.45, 7) is 9.41. The van der Waals surface area contributed by atoms with Crippen LogP contribution in [0.25, 0.3) is 0 Å². The third-order valence-electron chi connectivity index (χ3n) is 4.52. The molecule has 1 aliphatic heterocycles. The van der Waals surface area contributed by atoms with Gasteiger partial charge in [0.2, 0.25) is 0 Å². The van der Waals surface area contributed by atoms with Gasteiger partial charge in [0.1, 0.15) is 0 Å². The molecule has 1 fully saturated rings. The minimum Gasteiger partial charge on any atom is -0.371 e. The predicted molar refractivity (Wildman–Crippen MR) is 83.8 cm³/mol. The molecule has 106 valence electrons. The molecule has 0 saturated carbocycles. The zero-order valence-corrected chi connectivity index (χ0v) is 12.9. The second-order valence-electron chi connectivity index (χ2n) is 6.57. The summed E-state index contributed by atoms with van der Waals surface area (Å²) in [5.74, 6) is 0. The van der Waals surface area contributed by atoms with Crippen LogP contribution < -0.4 is 10.2 Å². The third-order valence-corrected chi connectivity index (χ3v) is 4.52. The topological polar surface area (TPSA) is 15.3 Å². The highest BCUT2D eigenvalue weighted by Gasteiger charge is 2.24.